The molecular weight excluding hydrogens is 444 g/mol. The third-order valence-electron chi connectivity index (χ3n) is 6.22. The van der Waals surface area contributed by atoms with E-state index in [9.17, 15) is 14.7 Å². The number of phenols is 1. The third kappa shape index (κ3) is 4.18. The average molecular weight is 471 g/mol. The van der Waals surface area contributed by atoms with Crippen molar-refractivity contribution < 1.29 is 19.1 Å². The molecule has 0 saturated carbocycles. The standard InChI is InChI=1S/C25H27ClN2O5/c1-4-27(5-2)11-6-12-28-22(15-7-9-18(29)20(13-15)32-3)21-23(30)17-14-16(26)8-10-19(17)33-24(21)25(28)31/h7-10,13-14,22,29H,4-6,11-12H2,1-3H3. The Morgan fingerprint density at radius 3 is 2.61 bits per heavy atom. The summed E-state index contributed by atoms with van der Waals surface area (Å²) in [6.45, 7) is 7.34. The molecule has 1 aliphatic rings. The zero-order valence-corrected chi connectivity index (χ0v) is 19.7. The van der Waals surface area contributed by atoms with Gasteiger partial charge in [0.15, 0.2) is 16.9 Å². The van der Waals surface area contributed by atoms with Gasteiger partial charge in [-0.2, -0.15) is 0 Å². The van der Waals surface area contributed by atoms with Crippen LogP contribution in [-0.4, -0.2) is 54.1 Å². The molecule has 0 fully saturated rings. The molecule has 1 aromatic heterocycles. The Morgan fingerprint density at radius 1 is 1.15 bits per heavy atom. The zero-order valence-electron chi connectivity index (χ0n) is 18.9. The van der Waals surface area contributed by atoms with E-state index in [0.29, 0.717) is 28.1 Å². The van der Waals surface area contributed by atoms with Gasteiger partial charge in [0.1, 0.15) is 5.58 Å². The quantitative estimate of drug-likeness (QED) is 0.524. The van der Waals surface area contributed by atoms with E-state index in [2.05, 4.69) is 18.7 Å². The van der Waals surface area contributed by atoms with Gasteiger partial charge in [0.25, 0.3) is 5.91 Å². The van der Waals surface area contributed by atoms with Gasteiger partial charge in [0.2, 0.25) is 5.76 Å². The Labute approximate surface area is 197 Å². The Balaban J connectivity index is 1.83. The second kappa shape index (κ2) is 9.45. The Hall–Kier alpha value is -3.03. The van der Waals surface area contributed by atoms with Crippen molar-refractivity contribution in [2.75, 3.05) is 33.3 Å². The van der Waals surface area contributed by atoms with E-state index < -0.39 is 6.04 Å². The van der Waals surface area contributed by atoms with Crippen LogP contribution in [-0.2, 0) is 0 Å². The second-order valence-electron chi connectivity index (χ2n) is 8.03. The highest BCUT2D eigenvalue weighted by Crippen LogP contribution is 2.40. The van der Waals surface area contributed by atoms with Crippen molar-refractivity contribution >= 4 is 28.5 Å². The summed E-state index contributed by atoms with van der Waals surface area (Å²) in [6, 6.07) is 9.00. The summed E-state index contributed by atoms with van der Waals surface area (Å²) >= 11 is 6.13. The molecule has 0 aliphatic carbocycles. The van der Waals surface area contributed by atoms with Gasteiger partial charge in [-0.3, -0.25) is 9.59 Å². The molecule has 1 unspecified atom stereocenters. The van der Waals surface area contributed by atoms with Crippen LogP contribution in [0.2, 0.25) is 5.02 Å². The van der Waals surface area contributed by atoms with Crippen molar-refractivity contribution in [1.29, 1.82) is 0 Å². The minimum Gasteiger partial charge on any atom is -0.504 e. The molecule has 1 atom stereocenters. The maximum Gasteiger partial charge on any atom is 0.290 e. The van der Waals surface area contributed by atoms with E-state index in [-0.39, 0.29) is 34.2 Å². The molecule has 33 heavy (non-hydrogen) atoms. The first-order chi connectivity index (χ1) is 15.9. The van der Waals surface area contributed by atoms with Gasteiger partial charge in [-0.25, -0.2) is 0 Å². The second-order valence-corrected chi connectivity index (χ2v) is 8.46. The highest BCUT2D eigenvalue weighted by Gasteiger charge is 2.42. The smallest absolute Gasteiger partial charge is 0.290 e. The molecule has 2 heterocycles. The number of halogens is 1. The number of nitrogens with zero attached hydrogens (tertiary/aromatic N) is 2. The SMILES string of the molecule is CCN(CC)CCCN1C(=O)c2oc3ccc(Cl)cc3c(=O)c2C1c1ccc(O)c(OC)c1. The topological polar surface area (TPSA) is 83.2 Å². The first kappa shape index (κ1) is 23.1. The molecule has 174 valence electrons. The number of benzene rings is 2. The average Bonchev–Trinajstić information content (AvgIpc) is 3.09. The lowest BCUT2D eigenvalue weighted by molar-refractivity contribution is 0.0720. The first-order valence-electron chi connectivity index (χ1n) is 11.1. The number of hydrogen-bond acceptors (Lipinski definition) is 6. The van der Waals surface area contributed by atoms with Gasteiger partial charge in [-0.05, 0) is 62.0 Å². The summed E-state index contributed by atoms with van der Waals surface area (Å²) in [5.41, 5.74) is 0.979. The number of fused-ring (bicyclic) bond motifs is 2. The predicted octanol–water partition coefficient (Wildman–Crippen LogP) is 4.44. The molecule has 0 saturated heterocycles. The molecule has 4 rings (SSSR count). The van der Waals surface area contributed by atoms with Crippen LogP contribution in [0.25, 0.3) is 11.0 Å². The molecule has 0 bridgehead atoms. The van der Waals surface area contributed by atoms with Crippen molar-refractivity contribution in [3.63, 3.8) is 0 Å². The molecule has 3 aromatic rings. The van der Waals surface area contributed by atoms with Crippen molar-refractivity contribution in [3.8, 4) is 11.5 Å². The van der Waals surface area contributed by atoms with Gasteiger partial charge in [-0.15, -0.1) is 0 Å². The summed E-state index contributed by atoms with van der Waals surface area (Å²) in [4.78, 5) is 31.0. The third-order valence-corrected chi connectivity index (χ3v) is 6.45. The van der Waals surface area contributed by atoms with Crippen molar-refractivity contribution in [2.24, 2.45) is 0 Å². The van der Waals surface area contributed by atoms with Crippen LogP contribution >= 0.6 is 11.6 Å². The maximum absolute atomic E-state index is 13.6. The lowest BCUT2D eigenvalue weighted by Gasteiger charge is -2.27. The minimum atomic E-state index is -0.654. The number of aromatic hydroxyl groups is 1. The van der Waals surface area contributed by atoms with E-state index in [1.807, 2.05) is 0 Å². The van der Waals surface area contributed by atoms with Crippen molar-refractivity contribution in [1.82, 2.24) is 9.80 Å². The maximum atomic E-state index is 13.6. The summed E-state index contributed by atoms with van der Waals surface area (Å²) in [5.74, 6) is -0.0221. The molecule has 2 aromatic carbocycles. The molecule has 0 radical (unpaired) electrons. The van der Waals surface area contributed by atoms with E-state index in [1.165, 1.54) is 13.2 Å². The number of methoxy groups -OCH3 is 1. The van der Waals surface area contributed by atoms with E-state index >= 15 is 0 Å². The van der Waals surface area contributed by atoms with Crippen LogP contribution in [0.5, 0.6) is 11.5 Å². The van der Waals surface area contributed by atoms with E-state index in [1.54, 1.807) is 35.2 Å². The normalized spacial score (nSPS) is 15.5. The Morgan fingerprint density at radius 2 is 1.91 bits per heavy atom. The van der Waals surface area contributed by atoms with E-state index in [4.69, 9.17) is 20.8 Å². The van der Waals surface area contributed by atoms with Crippen molar-refractivity contribution in [3.05, 3.63) is 68.5 Å². The fourth-order valence-electron chi connectivity index (χ4n) is 4.44. The number of phenolic OH excluding ortho intramolecular Hbond substituents is 1. The van der Waals surface area contributed by atoms with E-state index in [0.717, 1.165) is 26.1 Å². The fourth-order valence-corrected chi connectivity index (χ4v) is 4.61. The molecule has 8 heteroatoms. The Kier molecular flexibility index (Phi) is 6.63. The van der Waals surface area contributed by atoms with Crippen LogP contribution < -0.4 is 10.2 Å². The van der Waals surface area contributed by atoms with Gasteiger partial charge < -0.3 is 24.1 Å². The van der Waals surface area contributed by atoms with Crippen LogP contribution in [0.3, 0.4) is 0 Å². The first-order valence-corrected chi connectivity index (χ1v) is 11.4. The molecule has 7 nitrogen and oxygen atoms in total. The number of hydrogen-bond donors (Lipinski definition) is 1. The van der Waals surface area contributed by atoms with Crippen LogP contribution in [0.1, 0.15) is 48.0 Å². The number of amides is 1. The summed E-state index contributed by atoms with van der Waals surface area (Å²) in [7, 11) is 1.46. The molecule has 1 aliphatic heterocycles. The van der Waals surface area contributed by atoms with Gasteiger partial charge in [0, 0.05) is 11.6 Å². The molecule has 1 amide bonds. The van der Waals surface area contributed by atoms with Crippen LogP contribution in [0.15, 0.2) is 45.6 Å². The van der Waals surface area contributed by atoms with Gasteiger partial charge in [-0.1, -0.05) is 31.5 Å². The predicted molar refractivity (Wildman–Crippen MR) is 127 cm³/mol. The van der Waals surface area contributed by atoms with Crippen LogP contribution in [0, 0.1) is 0 Å². The van der Waals surface area contributed by atoms with Gasteiger partial charge >= 0.3 is 0 Å². The fraction of sp³-hybridized carbons (Fsp3) is 0.360. The van der Waals surface area contributed by atoms with Gasteiger partial charge in [0.05, 0.1) is 24.1 Å². The molecular formula is C25H27ClN2O5. The zero-order chi connectivity index (χ0) is 23.7. The number of carbonyl (C=O) groups excluding carboxylic acids is 1. The molecule has 1 N–H and O–H groups in total. The number of rotatable bonds is 8. The molecule has 0 spiro atoms. The largest absolute Gasteiger partial charge is 0.504 e. The van der Waals surface area contributed by atoms with Crippen molar-refractivity contribution in [2.45, 2.75) is 26.3 Å². The van der Waals surface area contributed by atoms with Crippen LogP contribution in [0.4, 0.5) is 0 Å². The summed E-state index contributed by atoms with van der Waals surface area (Å²) in [6.07, 6.45) is 0.743. The Bertz CT molecular complexity index is 1250. The summed E-state index contributed by atoms with van der Waals surface area (Å²) in [5, 5.41) is 10.8. The highest BCUT2D eigenvalue weighted by molar-refractivity contribution is 6.31. The number of ether oxygens (including phenoxy) is 1. The highest BCUT2D eigenvalue weighted by atomic mass is 35.5. The summed E-state index contributed by atoms with van der Waals surface area (Å²) < 4.78 is 11.2. The lowest BCUT2D eigenvalue weighted by Crippen LogP contribution is -2.33. The minimum absolute atomic E-state index is 0.0174. The monoisotopic (exact) mass is 470 g/mol. The number of carbonyl (C=O) groups is 1. The lowest BCUT2D eigenvalue weighted by atomic mass is 9.98.